The number of aryl methyl sites for hydroxylation is 2. The Morgan fingerprint density at radius 3 is 2.95 bits per heavy atom. The molecule has 1 atom stereocenters. The van der Waals surface area contributed by atoms with Crippen LogP contribution in [0.4, 0.5) is 4.39 Å². The third-order valence-electron chi connectivity index (χ3n) is 3.67. The van der Waals surface area contributed by atoms with Crippen molar-refractivity contribution in [3.63, 3.8) is 0 Å². The predicted molar refractivity (Wildman–Crippen MR) is 80.7 cm³/mol. The summed E-state index contributed by atoms with van der Waals surface area (Å²) in [5.41, 5.74) is 1.93. The molecule has 0 saturated carbocycles. The van der Waals surface area contributed by atoms with E-state index in [4.69, 9.17) is 4.98 Å². The maximum absolute atomic E-state index is 14.1. The van der Waals surface area contributed by atoms with Gasteiger partial charge in [0.05, 0.1) is 11.7 Å². The maximum atomic E-state index is 14.1. The Morgan fingerprint density at radius 2 is 2.20 bits per heavy atom. The molecule has 1 aliphatic rings. The van der Waals surface area contributed by atoms with Gasteiger partial charge in [-0.15, -0.1) is 11.3 Å². The summed E-state index contributed by atoms with van der Waals surface area (Å²) >= 11 is 1.74. The zero-order valence-corrected chi connectivity index (χ0v) is 12.5. The number of aromatic nitrogens is 1. The van der Waals surface area contributed by atoms with Crippen molar-refractivity contribution in [2.45, 2.75) is 38.6 Å². The molecule has 4 heteroatoms. The Labute approximate surface area is 123 Å². The molecule has 20 heavy (non-hydrogen) atoms. The maximum Gasteiger partial charge on any atom is 0.128 e. The van der Waals surface area contributed by atoms with Gasteiger partial charge in [0.15, 0.2) is 0 Å². The van der Waals surface area contributed by atoms with E-state index in [2.05, 4.69) is 12.2 Å². The second-order valence-electron chi connectivity index (χ2n) is 5.18. The van der Waals surface area contributed by atoms with Crippen molar-refractivity contribution in [1.29, 1.82) is 0 Å². The van der Waals surface area contributed by atoms with Crippen molar-refractivity contribution in [2.75, 3.05) is 6.54 Å². The molecule has 0 aliphatic heterocycles. The molecule has 0 bridgehead atoms. The Balaban J connectivity index is 1.95. The molecule has 2 nitrogen and oxygen atoms in total. The average Bonchev–Trinajstić information content (AvgIpc) is 3.02. The summed E-state index contributed by atoms with van der Waals surface area (Å²) in [5, 5.41) is 4.45. The van der Waals surface area contributed by atoms with Crippen molar-refractivity contribution in [3.8, 4) is 0 Å². The Morgan fingerprint density at radius 1 is 1.35 bits per heavy atom. The van der Waals surface area contributed by atoms with Crippen molar-refractivity contribution in [3.05, 3.63) is 51.2 Å². The summed E-state index contributed by atoms with van der Waals surface area (Å²) in [7, 11) is 0. The number of rotatable bonds is 5. The number of hydrogen-bond donors (Lipinski definition) is 1. The molecule has 1 aromatic heterocycles. The second-order valence-corrected chi connectivity index (χ2v) is 6.30. The van der Waals surface area contributed by atoms with Gasteiger partial charge in [0, 0.05) is 10.4 Å². The number of hydrogen-bond acceptors (Lipinski definition) is 3. The van der Waals surface area contributed by atoms with Gasteiger partial charge in [0.1, 0.15) is 10.8 Å². The lowest BCUT2D eigenvalue weighted by atomic mass is 10.1. The van der Waals surface area contributed by atoms with Gasteiger partial charge in [0.2, 0.25) is 0 Å². The van der Waals surface area contributed by atoms with Gasteiger partial charge < -0.3 is 5.32 Å². The molecular formula is C16H19FN2S. The number of nitrogens with zero attached hydrogens (tertiary/aromatic N) is 1. The molecule has 1 unspecified atom stereocenters. The average molecular weight is 290 g/mol. The summed E-state index contributed by atoms with van der Waals surface area (Å²) in [6.07, 6.45) is 4.44. The highest BCUT2D eigenvalue weighted by molar-refractivity contribution is 7.11. The monoisotopic (exact) mass is 290 g/mol. The fraction of sp³-hybridized carbons (Fsp3) is 0.438. The van der Waals surface area contributed by atoms with E-state index >= 15 is 0 Å². The largest absolute Gasteiger partial charge is 0.304 e. The van der Waals surface area contributed by atoms with Crippen LogP contribution < -0.4 is 5.32 Å². The van der Waals surface area contributed by atoms with Crippen LogP contribution in [0.15, 0.2) is 24.3 Å². The normalized spacial score (nSPS) is 15.3. The SMILES string of the molecule is CCCNC(c1nc2c(s1)CCC2)c1ccccc1F. The van der Waals surface area contributed by atoms with Gasteiger partial charge in [0.25, 0.3) is 0 Å². The van der Waals surface area contributed by atoms with Crippen molar-refractivity contribution in [2.24, 2.45) is 0 Å². The lowest BCUT2D eigenvalue weighted by Crippen LogP contribution is -2.24. The summed E-state index contributed by atoms with van der Waals surface area (Å²) in [5.74, 6) is -0.156. The molecule has 0 spiro atoms. The lowest BCUT2D eigenvalue weighted by Gasteiger charge is -2.17. The first-order valence-corrected chi connectivity index (χ1v) is 8.07. The smallest absolute Gasteiger partial charge is 0.128 e. The minimum atomic E-state index is -0.156. The van der Waals surface area contributed by atoms with Crippen molar-refractivity contribution >= 4 is 11.3 Å². The third-order valence-corrected chi connectivity index (χ3v) is 4.90. The van der Waals surface area contributed by atoms with Crippen LogP contribution in [0.1, 0.15) is 46.9 Å². The molecule has 0 radical (unpaired) electrons. The zero-order valence-electron chi connectivity index (χ0n) is 11.7. The molecule has 0 fully saturated rings. The molecule has 106 valence electrons. The van der Waals surface area contributed by atoms with E-state index in [1.54, 1.807) is 17.4 Å². The first-order valence-electron chi connectivity index (χ1n) is 7.26. The fourth-order valence-electron chi connectivity index (χ4n) is 2.66. The van der Waals surface area contributed by atoms with Crippen LogP contribution in [-0.4, -0.2) is 11.5 Å². The van der Waals surface area contributed by atoms with E-state index in [0.29, 0.717) is 5.56 Å². The highest BCUT2D eigenvalue weighted by Crippen LogP contribution is 2.33. The van der Waals surface area contributed by atoms with E-state index in [1.807, 2.05) is 12.1 Å². The molecule has 3 rings (SSSR count). The molecular weight excluding hydrogens is 271 g/mol. The first kappa shape index (κ1) is 13.7. The Bertz CT molecular complexity index is 572. The van der Waals surface area contributed by atoms with Gasteiger partial charge in [-0.2, -0.15) is 0 Å². The van der Waals surface area contributed by atoms with E-state index in [-0.39, 0.29) is 11.9 Å². The summed E-state index contributed by atoms with van der Waals surface area (Å²) in [4.78, 5) is 6.14. The van der Waals surface area contributed by atoms with E-state index in [9.17, 15) is 4.39 Å². The standard InChI is InChI=1S/C16H19FN2S/c1-2-10-18-15(11-6-3-4-7-12(11)17)16-19-13-8-5-9-14(13)20-16/h3-4,6-7,15,18H,2,5,8-10H2,1H3. The number of benzene rings is 1. The van der Waals surface area contributed by atoms with Gasteiger partial charge >= 0.3 is 0 Å². The number of halogens is 1. The van der Waals surface area contributed by atoms with Crippen molar-refractivity contribution < 1.29 is 4.39 Å². The van der Waals surface area contributed by atoms with Crippen LogP contribution in [-0.2, 0) is 12.8 Å². The van der Waals surface area contributed by atoms with E-state index in [1.165, 1.54) is 23.1 Å². The lowest BCUT2D eigenvalue weighted by molar-refractivity contribution is 0.544. The topological polar surface area (TPSA) is 24.9 Å². The quantitative estimate of drug-likeness (QED) is 0.904. The number of nitrogens with one attached hydrogen (secondary N) is 1. The van der Waals surface area contributed by atoms with Gasteiger partial charge in [-0.3, -0.25) is 0 Å². The zero-order chi connectivity index (χ0) is 13.9. The minimum absolute atomic E-state index is 0.119. The third kappa shape index (κ3) is 2.63. The first-order chi connectivity index (χ1) is 9.79. The number of fused-ring (bicyclic) bond motifs is 1. The molecule has 2 aromatic rings. The summed E-state index contributed by atoms with van der Waals surface area (Å²) < 4.78 is 14.1. The van der Waals surface area contributed by atoms with Gasteiger partial charge in [-0.1, -0.05) is 25.1 Å². The second kappa shape index (κ2) is 6.02. The molecule has 0 amide bonds. The molecule has 0 saturated heterocycles. The van der Waals surface area contributed by atoms with E-state index in [0.717, 1.165) is 30.8 Å². The highest BCUT2D eigenvalue weighted by Gasteiger charge is 2.24. The molecule has 1 heterocycles. The summed E-state index contributed by atoms with van der Waals surface area (Å²) in [6, 6.07) is 6.89. The molecule has 1 N–H and O–H groups in total. The van der Waals surface area contributed by atoms with Crippen LogP contribution in [0, 0.1) is 5.82 Å². The Kier molecular flexibility index (Phi) is 4.13. The highest BCUT2D eigenvalue weighted by atomic mass is 32.1. The van der Waals surface area contributed by atoms with Crippen LogP contribution >= 0.6 is 11.3 Å². The number of thiazole rings is 1. The molecule has 1 aliphatic carbocycles. The van der Waals surface area contributed by atoms with E-state index < -0.39 is 0 Å². The van der Waals surface area contributed by atoms with Crippen LogP contribution in [0.2, 0.25) is 0 Å². The van der Waals surface area contributed by atoms with Crippen LogP contribution in [0.25, 0.3) is 0 Å². The minimum Gasteiger partial charge on any atom is -0.304 e. The van der Waals surface area contributed by atoms with Crippen LogP contribution in [0.3, 0.4) is 0 Å². The van der Waals surface area contributed by atoms with Crippen LogP contribution in [0.5, 0.6) is 0 Å². The fourth-order valence-corrected chi connectivity index (χ4v) is 3.91. The molecule has 1 aromatic carbocycles. The Hall–Kier alpha value is -1.26. The summed E-state index contributed by atoms with van der Waals surface area (Å²) in [6.45, 7) is 2.98. The predicted octanol–water partition coefficient (Wildman–Crippen LogP) is 3.86. The van der Waals surface area contributed by atoms with Gasteiger partial charge in [-0.05, 0) is 38.3 Å². The van der Waals surface area contributed by atoms with Gasteiger partial charge in [-0.25, -0.2) is 9.37 Å². The van der Waals surface area contributed by atoms with Crippen molar-refractivity contribution in [1.82, 2.24) is 10.3 Å².